The molecule has 0 aromatic carbocycles. The van der Waals surface area contributed by atoms with Crippen LogP contribution in [0.2, 0.25) is 0 Å². The Morgan fingerprint density at radius 2 is 2.38 bits per heavy atom. The lowest BCUT2D eigenvalue weighted by atomic mass is 10.3. The molecule has 0 aliphatic rings. The van der Waals surface area contributed by atoms with Gasteiger partial charge < -0.3 is 10.8 Å². The summed E-state index contributed by atoms with van der Waals surface area (Å²) in [6.07, 6.45) is 0.862. The molecule has 0 amide bonds. The van der Waals surface area contributed by atoms with Crippen LogP contribution in [0, 0.1) is 0 Å². The third-order valence-electron chi connectivity index (χ3n) is 0.565. The SMILES string of the molecule is N[C@@H](/C=C/F)C(=O)O. The molecule has 0 rings (SSSR count). The Kier molecular flexibility index (Phi) is 2.79. The van der Waals surface area contributed by atoms with Gasteiger partial charge in [0.2, 0.25) is 0 Å². The number of hydrogen-bond donors (Lipinski definition) is 2. The van der Waals surface area contributed by atoms with Crippen LogP contribution in [0.5, 0.6) is 0 Å². The maximum atomic E-state index is 11.1. The predicted molar refractivity (Wildman–Crippen MR) is 25.9 cm³/mol. The normalized spacial score (nSPS) is 14.2. The van der Waals surface area contributed by atoms with E-state index in [0.717, 1.165) is 6.08 Å². The Morgan fingerprint density at radius 3 is 2.50 bits per heavy atom. The molecule has 0 saturated heterocycles. The summed E-state index contributed by atoms with van der Waals surface area (Å²) >= 11 is 0. The van der Waals surface area contributed by atoms with E-state index in [1.165, 1.54) is 0 Å². The lowest BCUT2D eigenvalue weighted by molar-refractivity contribution is -0.137. The highest BCUT2D eigenvalue weighted by Gasteiger charge is 2.04. The van der Waals surface area contributed by atoms with Gasteiger partial charge in [0.1, 0.15) is 6.04 Å². The van der Waals surface area contributed by atoms with Crippen LogP contribution in [-0.4, -0.2) is 17.1 Å². The van der Waals surface area contributed by atoms with E-state index >= 15 is 0 Å². The van der Waals surface area contributed by atoms with Crippen molar-refractivity contribution >= 4 is 5.97 Å². The number of carbonyl (C=O) groups is 1. The second-order valence-electron chi connectivity index (χ2n) is 1.18. The highest BCUT2D eigenvalue weighted by atomic mass is 19.1. The molecule has 8 heavy (non-hydrogen) atoms. The first-order chi connectivity index (χ1) is 3.68. The largest absolute Gasteiger partial charge is 0.480 e. The molecule has 46 valence electrons. The van der Waals surface area contributed by atoms with Crippen LogP contribution in [0.4, 0.5) is 4.39 Å². The zero-order valence-corrected chi connectivity index (χ0v) is 4.04. The van der Waals surface area contributed by atoms with Gasteiger partial charge in [-0.1, -0.05) is 0 Å². The number of carboxylic acid groups (broad SMARTS) is 1. The standard InChI is InChI=1S/C4H6FNO2/c5-2-1-3(6)4(7)8/h1-3H,6H2,(H,7,8)/b2-1+/t3-/m0/s1. The molecule has 0 bridgehead atoms. The summed E-state index contributed by atoms with van der Waals surface area (Å²) < 4.78 is 11.1. The lowest BCUT2D eigenvalue weighted by Gasteiger charge is -1.93. The second kappa shape index (κ2) is 3.15. The molecule has 0 fully saturated rings. The molecule has 0 aromatic rings. The highest BCUT2D eigenvalue weighted by molar-refractivity contribution is 5.75. The first-order valence-corrected chi connectivity index (χ1v) is 1.93. The minimum Gasteiger partial charge on any atom is -0.480 e. The second-order valence-corrected chi connectivity index (χ2v) is 1.18. The quantitative estimate of drug-likeness (QED) is 0.532. The van der Waals surface area contributed by atoms with Crippen molar-refractivity contribution in [3.8, 4) is 0 Å². The maximum absolute atomic E-state index is 11.1. The highest BCUT2D eigenvalue weighted by Crippen LogP contribution is 1.80. The van der Waals surface area contributed by atoms with Crippen LogP contribution in [0.15, 0.2) is 12.4 Å². The molecule has 3 nitrogen and oxygen atoms in total. The van der Waals surface area contributed by atoms with Crippen LogP contribution in [0.1, 0.15) is 0 Å². The van der Waals surface area contributed by atoms with E-state index in [2.05, 4.69) is 0 Å². The number of halogens is 1. The first-order valence-electron chi connectivity index (χ1n) is 1.93. The fraction of sp³-hybridized carbons (Fsp3) is 0.250. The fourth-order valence-electron chi connectivity index (χ4n) is 0.161. The maximum Gasteiger partial charge on any atom is 0.324 e. The number of aliphatic carboxylic acids is 1. The fourth-order valence-corrected chi connectivity index (χ4v) is 0.161. The van der Waals surface area contributed by atoms with Crippen molar-refractivity contribution in [2.75, 3.05) is 0 Å². The Balaban J connectivity index is 3.64. The molecule has 0 unspecified atom stereocenters. The van der Waals surface area contributed by atoms with Gasteiger partial charge in [0, 0.05) is 0 Å². The molecule has 1 atom stereocenters. The van der Waals surface area contributed by atoms with Crippen molar-refractivity contribution in [1.29, 1.82) is 0 Å². The van der Waals surface area contributed by atoms with E-state index in [1.54, 1.807) is 0 Å². The van der Waals surface area contributed by atoms with E-state index in [-0.39, 0.29) is 6.33 Å². The summed E-state index contributed by atoms with van der Waals surface area (Å²) in [6.45, 7) is 0. The predicted octanol–water partition coefficient (Wildman–Crippen LogP) is -0.118. The third-order valence-corrected chi connectivity index (χ3v) is 0.565. The lowest BCUT2D eigenvalue weighted by Crippen LogP contribution is -2.27. The molecular weight excluding hydrogens is 113 g/mol. The van der Waals surface area contributed by atoms with Gasteiger partial charge in [-0.15, -0.1) is 0 Å². The van der Waals surface area contributed by atoms with E-state index in [9.17, 15) is 9.18 Å². The van der Waals surface area contributed by atoms with Crippen molar-refractivity contribution < 1.29 is 14.3 Å². The van der Waals surface area contributed by atoms with Crippen LogP contribution >= 0.6 is 0 Å². The van der Waals surface area contributed by atoms with Gasteiger partial charge in [-0.05, 0) is 6.08 Å². The van der Waals surface area contributed by atoms with Crippen LogP contribution < -0.4 is 5.73 Å². The number of carboxylic acids is 1. The molecule has 0 heterocycles. The third kappa shape index (κ3) is 2.30. The van der Waals surface area contributed by atoms with Crippen molar-refractivity contribution in [2.24, 2.45) is 5.73 Å². The van der Waals surface area contributed by atoms with Crippen LogP contribution in [-0.2, 0) is 4.79 Å². The van der Waals surface area contributed by atoms with Gasteiger partial charge in [-0.25, -0.2) is 4.39 Å². The minimum atomic E-state index is -1.24. The Morgan fingerprint density at radius 1 is 1.88 bits per heavy atom. The van der Waals surface area contributed by atoms with E-state index in [0.29, 0.717) is 0 Å². The number of nitrogens with two attached hydrogens (primary N) is 1. The zero-order chi connectivity index (χ0) is 6.57. The minimum absolute atomic E-state index is 0.110. The molecule has 0 aliphatic heterocycles. The van der Waals surface area contributed by atoms with Gasteiger partial charge in [0.25, 0.3) is 0 Å². The molecule has 0 saturated carbocycles. The molecule has 3 N–H and O–H groups in total. The summed E-state index contributed by atoms with van der Waals surface area (Å²) in [6, 6.07) is -1.22. The van der Waals surface area contributed by atoms with Gasteiger partial charge in [0.05, 0.1) is 6.33 Å². The Hall–Kier alpha value is -0.900. The smallest absolute Gasteiger partial charge is 0.324 e. The summed E-state index contributed by atoms with van der Waals surface area (Å²) in [5, 5.41) is 7.97. The average Bonchev–Trinajstić information content (AvgIpc) is 1.67. The van der Waals surface area contributed by atoms with Gasteiger partial charge in [-0.3, -0.25) is 4.79 Å². The first kappa shape index (κ1) is 7.10. The van der Waals surface area contributed by atoms with Gasteiger partial charge in [-0.2, -0.15) is 0 Å². The summed E-state index contributed by atoms with van der Waals surface area (Å²) in [5.41, 5.74) is 4.80. The molecule has 0 radical (unpaired) electrons. The van der Waals surface area contributed by atoms with Crippen molar-refractivity contribution in [3.63, 3.8) is 0 Å². The monoisotopic (exact) mass is 119 g/mol. The van der Waals surface area contributed by atoms with E-state index < -0.39 is 12.0 Å². The van der Waals surface area contributed by atoms with Crippen molar-refractivity contribution in [3.05, 3.63) is 12.4 Å². The molecule has 0 aliphatic carbocycles. The van der Waals surface area contributed by atoms with Gasteiger partial charge >= 0.3 is 5.97 Å². The van der Waals surface area contributed by atoms with Gasteiger partial charge in [0.15, 0.2) is 0 Å². The Bertz CT molecular complexity index is 113. The zero-order valence-electron chi connectivity index (χ0n) is 4.04. The van der Waals surface area contributed by atoms with Crippen LogP contribution in [0.25, 0.3) is 0 Å². The molecule has 0 aromatic heterocycles. The summed E-state index contributed by atoms with van der Waals surface area (Å²) in [4.78, 5) is 9.75. The topological polar surface area (TPSA) is 63.3 Å². The van der Waals surface area contributed by atoms with Crippen LogP contribution in [0.3, 0.4) is 0 Å². The summed E-state index contributed by atoms with van der Waals surface area (Å²) in [5.74, 6) is -1.24. The van der Waals surface area contributed by atoms with Crippen molar-refractivity contribution in [2.45, 2.75) is 6.04 Å². The number of rotatable bonds is 2. The Labute approximate surface area is 45.6 Å². The molecular formula is C4H6FNO2. The van der Waals surface area contributed by atoms with E-state index in [4.69, 9.17) is 10.8 Å². The molecule has 4 heteroatoms. The molecule has 0 spiro atoms. The number of hydrogen-bond acceptors (Lipinski definition) is 2. The average molecular weight is 119 g/mol. The summed E-state index contributed by atoms with van der Waals surface area (Å²) in [7, 11) is 0. The van der Waals surface area contributed by atoms with Crippen molar-refractivity contribution in [1.82, 2.24) is 0 Å². The van der Waals surface area contributed by atoms with E-state index in [1.807, 2.05) is 0 Å².